The number of fused-ring (bicyclic) bond motifs is 1. The highest BCUT2D eigenvalue weighted by Gasteiger charge is 2.23. The van der Waals surface area contributed by atoms with Crippen LogP contribution in [0.2, 0.25) is 0 Å². The molecule has 1 aliphatic rings. The highest BCUT2D eigenvalue weighted by atomic mass is 32.2. The molecule has 0 spiro atoms. The molecule has 1 saturated heterocycles. The van der Waals surface area contributed by atoms with Gasteiger partial charge in [0.2, 0.25) is 0 Å². The van der Waals surface area contributed by atoms with Crippen molar-refractivity contribution >= 4 is 32.5 Å². The summed E-state index contributed by atoms with van der Waals surface area (Å²) in [4.78, 5) is 21.7. The smallest absolute Gasteiger partial charge is 0.264 e. The minimum absolute atomic E-state index is 0.0611. The number of rotatable bonds is 9. The summed E-state index contributed by atoms with van der Waals surface area (Å²) in [6.07, 6.45) is 2.53. The van der Waals surface area contributed by atoms with Gasteiger partial charge in [-0.05, 0) is 48.9 Å². The van der Waals surface area contributed by atoms with Crippen molar-refractivity contribution in [1.29, 1.82) is 0 Å². The van der Waals surface area contributed by atoms with Crippen molar-refractivity contribution < 1.29 is 17.9 Å². The first-order valence-corrected chi connectivity index (χ1v) is 14.6. The molecule has 1 aliphatic heterocycles. The number of anilines is 1. The Bertz CT molecular complexity index is 1540. The van der Waals surface area contributed by atoms with Crippen molar-refractivity contribution in [3.63, 3.8) is 0 Å². The zero-order chi connectivity index (χ0) is 27.2. The standard InChI is InChI=1S/C30H32N4O4S/c1-2-21-38-27-10-4-3-7-25(27)22-33-17-19-34(20-18-33)30(35)24-12-14-26(15-13-24)32-39(36,37)28-11-5-8-23-9-6-16-31-29(23)28/h3-16,32H,2,17-22H2,1H3. The van der Waals surface area contributed by atoms with E-state index in [4.69, 9.17) is 4.74 Å². The largest absolute Gasteiger partial charge is 0.493 e. The lowest BCUT2D eigenvalue weighted by atomic mass is 10.1. The van der Waals surface area contributed by atoms with Gasteiger partial charge in [-0.1, -0.05) is 43.3 Å². The number of carbonyl (C=O) groups excluding carboxylic acids is 1. The van der Waals surface area contributed by atoms with Crippen molar-refractivity contribution in [2.24, 2.45) is 0 Å². The molecule has 2 heterocycles. The number of sulfonamides is 1. The van der Waals surface area contributed by atoms with Gasteiger partial charge in [0.1, 0.15) is 10.6 Å². The minimum atomic E-state index is -3.86. The summed E-state index contributed by atoms with van der Waals surface area (Å²) in [7, 11) is -3.86. The molecule has 3 aromatic carbocycles. The molecule has 4 aromatic rings. The second-order valence-electron chi connectivity index (χ2n) is 9.54. The number of piperazine rings is 1. The molecule has 5 rings (SSSR count). The van der Waals surface area contributed by atoms with Crippen LogP contribution in [0.15, 0.2) is 90.0 Å². The van der Waals surface area contributed by atoms with Gasteiger partial charge in [-0.2, -0.15) is 0 Å². The molecule has 39 heavy (non-hydrogen) atoms. The van der Waals surface area contributed by atoms with E-state index in [9.17, 15) is 13.2 Å². The van der Waals surface area contributed by atoms with Crippen molar-refractivity contribution in [1.82, 2.24) is 14.8 Å². The van der Waals surface area contributed by atoms with E-state index in [2.05, 4.69) is 27.6 Å². The second kappa shape index (κ2) is 11.8. The number of amides is 1. The summed E-state index contributed by atoms with van der Waals surface area (Å²) in [6, 6.07) is 23.3. The minimum Gasteiger partial charge on any atom is -0.493 e. The predicted octanol–water partition coefficient (Wildman–Crippen LogP) is 4.78. The van der Waals surface area contributed by atoms with Crippen LogP contribution in [0.5, 0.6) is 5.75 Å². The van der Waals surface area contributed by atoms with Crippen LogP contribution in [0.1, 0.15) is 29.3 Å². The number of nitrogens with one attached hydrogen (secondary N) is 1. The maximum atomic E-state index is 13.1. The Morgan fingerprint density at radius 3 is 2.44 bits per heavy atom. The van der Waals surface area contributed by atoms with Gasteiger partial charge < -0.3 is 9.64 Å². The number of pyridine rings is 1. The molecule has 202 valence electrons. The summed E-state index contributed by atoms with van der Waals surface area (Å²) in [5.74, 6) is 0.860. The van der Waals surface area contributed by atoms with E-state index >= 15 is 0 Å². The topological polar surface area (TPSA) is 91.8 Å². The third kappa shape index (κ3) is 6.21. The first-order chi connectivity index (χ1) is 18.9. The zero-order valence-electron chi connectivity index (χ0n) is 21.9. The Hall–Kier alpha value is -3.95. The summed E-state index contributed by atoms with van der Waals surface area (Å²) in [5, 5.41) is 0.746. The van der Waals surface area contributed by atoms with Crippen molar-refractivity contribution in [3.05, 3.63) is 96.2 Å². The highest BCUT2D eigenvalue weighted by Crippen LogP contribution is 2.24. The van der Waals surface area contributed by atoms with E-state index in [-0.39, 0.29) is 10.8 Å². The van der Waals surface area contributed by atoms with Gasteiger partial charge >= 0.3 is 0 Å². The summed E-state index contributed by atoms with van der Waals surface area (Å²) in [6.45, 7) is 6.35. The summed E-state index contributed by atoms with van der Waals surface area (Å²) < 4.78 is 34.7. The van der Waals surface area contributed by atoms with Gasteiger partial charge in [0.05, 0.1) is 12.1 Å². The van der Waals surface area contributed by atoms with Gasteiger partial charge in [-0.25, -0.2) is 8.42 Å². The number of hydrogen-bond acceptors (Lipinski definition) is 6. The van der Waals surface area contributed by atoms with Gasteiger partial charge in [0.15, 0.2) is 0 Å². The lowest BCUT2D eigenvalue weighted by Gasteiger charge is -2.35. The quantitative estimate of drug-likeness (QED) is 0.326. The number of hydrogen-bond donors (Lipinski definition) is 1. The van der Waals surface area contributed by atoms with Crippen LogP contribution in [0.25, 0.3) is 10.9 Å². The van der Waals surface area contributed by atoms with Crippen molar-refractivity contribution in [3.8, 4) is 5.75 Å². The number of aromatic nitrogens is 1. The zero-order valence-corrected chi connectivity index (χ0v) is 22.7. The number of carbonyl (C=O) groups is 1. The molecule has 0 radical (unpaired) electrons. The molecule has 1 N–H and O–H groups in total. The van der Waals surface area contributed by atoms with Crippen molar-refractivity contribution in [2.75, 3.05) is 37.5 Å². The number of nitrogens with zero attached hydrogens (tertiary/aromatic N) is 3. The fourth-order valence-corrected chi connectivity index (χ4v) is 5.94. The fraction of sp³-hybridized carbons (Fsp3) is 0.267. The molecular formula is C30H32N4O4S. The van der Waals surface area contributed by atoms with E-state index in [1.807, 2.05) is 35.2 Å². The molecule has 0 aliphatic carbocycles. The van der Waals surface area contributed by atoms with Gasteiger partial charge in [0.25, 0.3) is 15.9 Å². The number of para-hydroxylation sites is 2. The third-order valence-corrected chi connectivity index (χ3v) is 8.17. The van der Waals surface area contributed by atoms with E-state index in [1.54, 1.807) is 42.6 Å². The van der Waals surface area contributed by atoms with Crippen LogP contribution < -0.4 is 9.46 Å². The Morgan fingerprint density at radius 2 is 1.67 bits per heavy atom. The first kappa shape index (κ1) is 26.6. The Labute approximate surface area is 229 Å². The Kier molecular flexibility index (Phi) is 8.09. The first-order valence-electron chi connectivity index (χ1n) is 13.1. The monoisotopic (exact) mass is 544 g/mol. The molecule has 1 fully saturated rings. The molecule has 0 unspecified atom stereocenters. The summed E-state index contributed by atoms with van der Waals surface area (Å²) >= 11 is 0. The van der Waals surface area contributed by atoms with Gasteiger partial charge in [-0.15, -0.1) is 0 Å². The molecule has 9 heteroatoms. The normalized spacial score (nSPS) is 14.3. The maximum absolute atomic E-state index is 13.1. The van der Waals surface area contributed by atoms with E-state index in [1.165, 1.54) is 6.07 Å². The predicted molar refractivity (Wildman–Crippen MR) is 152 cm³/mol. The fourth-order valence-electron chi connectivity index (χ4n) is 4.70. The van der Waals surface area contributed by atoms with Crippen LogP contribution in [0, 0.1) is 0 Å². The molecule has 1 aromatic heterocycles. The van der Waals surface area contributed by atoms with E-state index < -0.39 is 10.0 Å². The van der Waals surface area contributed by atoms with Crippen LogP contribution in [-0.4, -0.2) is 61.9 Å². The lowest BCUT2D eigenvalue weighted by Crippen LogP contribution is -2.48. The van der Waals surface area contributed by atoms with Crippen molar-refractivity contribution in [2.45, 2.75) is 24.8 Å². The maximum Gasteiger partial charge on any atom is 0.264 e. The Morgan fingerprint density at radius 1 is 0.923 bits per heavy atom. The third-order valence-electron chi connectivity index (χ3n) is 6.76. The Balaban J connectivity index is 1.19. The number of ether oxygens (including phenoxy) is 1. The van der Waals surface area contributed by atoms with Crippen LogP contribution in [-0.2, 0) is 16.6 Å². The van der Waals surface area contributed by atoms with E-state index in [0.29, 0.717) is 36.5 Å². The van der Waals surface area contributed by atoms with Crippen LogP contribution in [0.3, 0.4) is 0 Å². The average Bonchev–Trinajstić information content (AvgIpc) is 2.96. The molecule has 8 nitrogen and oxygen atoms in total. The highest BCUT2D eigenvalue weighted by molar-refractivity contribution is 7.93. The van der Waals surface area contributed by atoms with Crippen LogP contribution >= 0.6 is 0 Å². The lowest BCUT2D eigenvalue weighted by molar-refractivity contribution is 0.0627. The molecular weight excluding hydrogens is 512 g/mol. The second-order valence-corrected chi connectivity index (χ2v) is 11.2. The average molecular weight is 545 g/mol. The number of benzene rings is 3. The molecule has 0 bridgehead atoms. The molecule has 1 amide bonds. The van der Waals surface area contributed by atoms with E-state index in [0.717, 1.165) is 42.8 Å². The van der Waals surface area contributed by atoms with Gasteiger partial charge in [0, 0.05) is 61.1 Å². The molecule has 0 atom stereocenters. The molecule has 0 saturated carbocycles. The van der Waals surface area contributed by atoms with Crippen LogP contribution in [0.4, 0.5) is 5.69 Å². The SMILES string of the molecule is CCCOc1ccccc1CN1CCN(C(=O)c2ccc(NS(=O)(=O)c3cccc4cccnc34)cc2)CC1. The summed E-state index contributed by atoms with van der Waals surface area (Å²) in [5.41, 5.74) is 2.48. The van der Waals surface area contributed by atoms with Gasteiger partial charge in [-0.3, -0.25) is 19.4 Å².